The molecule has 0 fully saturated rings. The minimum Gasteiger partial charge on any atom is -0.387 e. The van der Waals surface area contributed by atoms with Crippen LogP contribution in [0.3, 0.4) is 0 Å². The zero-order chi connectivity index (χ0) is 12.4. The Kier molecular flexibility index (Phi) is 3.49. The van der Waals surface area contributed by atoms with Crippen LogP contribution in [0.15, 0.2) is 22.9 Å². The van der Waals surface area contributed by atoms with Gasteiger partial charge in [0.15, 0.2) is 0 Å². The highest BCUT2D eigenvalue weighted by molar-refractivity contribution is 9.10. The number of pyridine rings is 1. The van der Waals surface area contributed by atoms with E-state index >= 15 is 0 Å². The van der Waals surface area contributed by atoms with Crippen molar-refractivity contribution >= 4 is 15.9 Å². The van der Waals surface area contributed by atoms with Gasteiger partial charge in [0.05, 0.1) is 18.8 Å². The summed E-state index contributed by atoms with van der Waals surface area (Å²) in [7, 11) is 0. The first-order chi connectivity index (χ1) is 8.06. The van der Waals surface area contributed by atoms with Gasteiger partial charge in [0.1, 0.15) is 10.3 Å². The Hall–Kier alpha value is -1.34. The molecule has 0 amide bonds. The average Bonchev–Trinajstić information content (AvgIpc) is 2.71. The molecule has 0 aliphatic rings. The second-order valence-corrected chi connectivity index (χ2v) is 4.35. The molecule has 0 radical (unpaired) electrons. The zero-order valence-electron chi connectivity index (χ0n) is 9.01. The van der Waals surface area contributed by atoms with Crippen molar-refractivity contribution in [3.05, 3.63) is 40.1 Å². The lowest BCUT2D eigenvalue weighted by Crippen LogP contribution is -2.02. The zero-order valence-corrected chi connectivity index (χ0v) is 10.6. The number of aliphatic hydroxyl groups is 1. The van der Waals surface area contributed by atoms with E-state index in [1.54, 1.807) is 23.9 Å². The molecule has 1 N–H and O–H groups in total. The van der Waals surface area contributed by atoms with Crippen LogP contribution in [0.25, 0.3) is 0 Å². The molecule has 0 spiro atoms. The molecule has 7 heteroatoms. The van der Waals surface area contributed by atoms with Gasteiger partial charge in [0, 0.05) is 5.56 Å². The number of nitrogens with zero attached hydrogens (tertiary/aromatic N) is 4. The third-order valence-electron chi connectivity index (χ3n) is 2.21. The fraction of sp³-hybridized carbons (Fsp3) is 0.300. The first-order valence-corrected chi connectivity index (χ1v) is 5.74. The van der Waals surface area contributed by atoms with Gasteiger partial charge >= 0.3 is 0 Å². The average molecular weight is 301 g/mol. The molecule has 5 nitrogen and oxygen atoms in total. The van der Waals surface area contributed by atoms with E-state index in [0.29, 0.717) is 16.8 Å². The van der Waals surface area contributed by atoms with E-state index in [2.05, 4.69) is 31.2 Å². The lowest BCUT2D eigenvalue weighted by atomic mass is 10.3. The Bertz CT molecular complexity index is 529. The van der Waals surface area contributed by atoms with Crippen molar-refractivity contribution in [1.82, 2.24) is 20.0 Å². The molecule has 1 atom stereocenters. The first kappa shape index (κ1) is 12.1. The third kappa shape index (κ3) is 2.86. The van der Waals surface area contributed by atoms with Gasteiger partial charge in [-0.15, -0.1) is 5.10 Å². The Labute approximate surface area is 105 Å². The number of aliphatic hydroxyl groups excluding tert-OH is 1. The lowest BCUT2D eigenvalue weighted by molar-refractivity contribution is 0.194. The van der Waals surface area contributed by atoms with Crippen LogP contribution in [0.2, 0.25) is 0 Å². The maximum Gasteiger partial charge on any atom is 0.213 e. The highest BCUT2D eigenvalue weighted by atomic mass is 79.9. The molecule has 0 aliphatic heterocycles. The van der Waals surface area contributed by atoms with Gasteiger partial charge in [-0.25, -0.2) is 9.67 Å². The van der Waals surface area contributed by atoms with E-state index in [0.717, 1.165) is 5.56 Å². The predicted octanol–water partition coefficient (Wildman–Crippen LogP) is 1.68. The van der Waals surface area contributed by atoms with Crippen LogP contribution in [0.5, 0.6) is 0 Å². The Morgan fingerprint density at radius 3 is 2.88 bits per heavy atom. The molecule has 2 aromatic heterocycles. The van der Waals surface area contributed by atoms with Crippen molar-refractivity contribution in [3.8, 4) is 0 Å². The second-order valence-electron chi connectivity index (χ2n) is 3.60. The minimum absolute atomic E-state index is 0.410. The van der Waals surface area contributed by atoms with Gasteiger partial charge in [0.2, 0.25) is 5.95 Å². The molecule has 0 saturated carbocycles. The maximum atomic E-state index is 12.8. The summed E-state index contributed by atoms with van der Waals surface area (Å²) in [5.41, 5.74) is 1.28. The highest BCUT2D eigenvalue weighted by Crippen LogP contribution is 2.16. The number of aromatic nitrogens is 4. The predicted molar refractivity (Wildman–Crippen MR) is 61.7 cm³/mol. The summed E-state index contributed by atoms with van der Waals surface area (Å²) in [6.45, 7) is 2.03. The van der Waals surface area contributed by atoms with Crippen LogP contribution in [-0.4, -0.2) is 25.1 Å². The minimum atomic E-state index is -0.654. The quantitative estimate of drug-likeness (QED) is 0.876. The fourth-order valence-electron chi connectivity index (χ4n) is 1.32. The number of halogens is 2. The molecular weight excluding hydrogens is 291 g/mol. The summed E-state index contributed by atoms with van der Waals surface area (Å²) in [4.78, 5) is 3.65. The van der Waals surface area contributed by atoms with Crippen LogP contribution >= 0.6 is 15.9 Å². The van der Waals surface area contributed by atoms with Crippen molar-refractivity contribution in [2.45, 2.75) is 19.6 Å². The van der Waals surface area contributed by atoms with E-state index in [4.69, 9.17) is 0 Å². The van der Waals surface area contributed by atoms with Crippen molar-refractivity contribution < 1.29 is 9.50 Å². The van der Waals surface area contributed by atoms with E-state index in [-0.39, 0.29) is 0 Å². The van der Waals surface area contributed by atoms with E-state index in [9.17, 15) is 9.50 Å². The molecule has 0 aliphatic carbocycles. The largest absolute Gasteiger partial charge is 0.387 e. The summed E-state index contributed by atoms with van der Waals surface area (Å²) in [6, 6.07) is 2.91. The van der Waals surface area contributed by atoms with Gasteiger partial charge in [0.25, 0.3) is 0 Å². The van der Waals surface area contributed by atoms with Crippen molar-refractivity contribution in [3.63, 3.8) is 0 Å². The molecule has 0 saturated heterocycles. The summed E-state index contributed by atoms with van der Waals surface area (Å²) < 4.78 is 14.8. The summed E-state index contributed by atoms with van der Waals surface area (Å²) in [5, 5.41) is 17.0. The van der Waals surface area contributed by atoms with Gasteiger partial charge < -0.3 is 5.11 Å². The second kappa shape index (κ2) is 4.89. The topological polar surface area (TPSA) is 63.8 Å². The van der Waals surface area contributed by atoms with E-state index in [1.165, 1.54) is 6.07 Å². The van der Waals surface area contributed by atoms with Crippen LogP contribution in [0.1, 0.15) is 24.3 Å². The molecule has 90 valence electrons. The number of hydrogen-bond acceptors (Lipinski definition) is 4. The Balaban J connectivity index is 2.19. The number of rotatable bonds is 3. The smallest absolute Gasteiger partial charge is 0.213 e. The maximum absolute atomic E-state index is 12.8. The monoisotopic (exact) mass is 300 g/mol. The Morgan fingerprint density at radius 1 is 1.53 bits per heavy atom. The number of hydrogen-bond donors (Lipinski definition) is 1. The van der Waals surface area contributed by atoms with Crippen LogP contribution in [0.4, 0.5) is 4.39 Å². The molecular formula is C10H10BrFN4O. The fourth-order valence-corrected chi connectivity index (χ4v) is 1.74. The van der Waals surface area contributed by atoms with E-state index in [1.807, 2.05) is 0 Å². The molecule has 0 aromatic carbocycles. The lowest BCUT2D eigenvalue weighted by Gasteiger charge is -2.03. The van der Waals surface area contributed by atoms with Gasteiger partial charge in [-0.1, -0.05) is 5.21 Å². The molecule has 2 aromatic rings. The standard InChI is InChI=1S/C10H10BrFN4O/c1-6(17)8-5-16(15-14-8)4-7-2-3-9(12)13-10(7)11/h2-3,5-6,17H,4H2,1H3. The normalized spacial score (nSPS) is 12.7. The van der Waals surface area contributed by atoms with Crippen molar-refractivity contribution in [2.75, 3.05) is 0 Å². The molecule has 0 bridgehead atoms. The van der Waals surface area contributed by atoms with Gasteiger partial charge in [-0.2, -0.15) is 4.39 Å². The SMILES string of the molecule is CC(O)c1cn(Cc2ccc(F)nc2Br)nn1. The third-order valence-corrected chi connectivity index (χ3v) is 2.90. The molecule has 17 heavy (non-hydrogen) atoms. The molecule has 2 rings (SSSR count). The highest BCUT2D eigenvalue weighted by Gasteiger charge is 2.08. The van der Waals surface area contributed by atoms with Crippen molar-refractivity contribution in [2.24, 2.45) is 0 Å². The van der Waals surface area contributed by atoms with Gasteiger partial charge in [-0.3, -0.25) is 0 Å². The summed E-state index contributed by atoms with van der Waals surface area (Å²) in [5.74, 6) is -0.538. The van der Waals surface area contributed by atoms with Crippen LogP contribution in [-0.2, 0) is 6.54 Å². The van der Waals surface area contributed by atoms with Crippen molar-refractivity contribution in [1.29, 1.82) is 0 Å². The van der Waals surface area contributed by atoms with E-state index < -0.39 is 12.1 Å². The van der Waals surface area contributed by atoms with Gasteiger partial charge in [-0.05, 0) is 35.0 Å². The molecule has 2 heterocycles. The van der Waals surface area contributed by atoms with Crippen LogP contribution in [0, 0.1) is 5.95 Å². The Morgan fingerprint density at radius 2 is 2.29 bits per heavy atom. The van der Waals surface area contributed by atoms with Crippen LogP contribution < -0.4 is 0 Å². The summed E-state index contributed by atoms with van der Waals surface area (Å²) in [6.07, 6.45) is 0.985. The molecule has 1 unspecified atom stereocenters. The summed E-state index contributed by atoms with van der Waals surface area (Å²) >= 11 is 3.18. The first-order valence-electron chi connectivity index (χ1n) is 4.95.